The maximum Gasteiger partial charge on any atom is 0.172 e. The summed E-state index contributed by atoms with van der Waals surface area (Å²) in [7, 11) is 1.83. The molecular formula is C13H16N6. The molecular weight excluding hydrogens is 240 g/mol. The van der Waals surface area contributed by atoms with Crippen LogP contribution in [-0.2, 0) is 19.9 Å². The highest BCUT2D eigenvalue weighted by Gasteiger charge is 2.14. The van der Waals surface area contributed by atoms with Crippen molar-refractivity contribution < 1.29 is 0 Å². The molecule has 6 nitrogen and oxygen atoms in total. The lowest BCUT2D eigenvalue weighted by Gasteiger charge is -2.10. The molecule has 0 amide bonds. The molecule has 0 spiro atoms. The second kappa shape index (κ2) is 5.48. The van der Waals surface area contributed by atoms with E-state index in [1.54, 1.807) is 4.68 Å². The van der Waals surface area contributed by atoms with Crippen molar-refractivity contribution in [1.82, 2.24) is 20.0 Å². The molecule has 1 N–H and O–H groups in total. The summed E-state index contributed by atoms with van der Waals surface area (Å²) in [5.74, 6) is 1.12. The molecule has 0 saturated heterocycles. The van der Waals surface area contributed by atoms with Gasteiger partial charge in [-0.15, -0.1) is 5.10 Å². The summed E-state index contributed by atoms with van der Waals surface area (Å²) in [4.78, 5) is 0. The van der Waals surface area contributed by atoms with Crippen molar-refractivity contribution >= 4 is 11.6 Å². The van der Waals surface area contributed by atoms with E-state index in [0.717, 1.165) is 24.1 Å². The van der Waals surface area contributed by atoms with Gasteiger partial charge in [-0.25, -0.2) is 0 Å². The Hall–Kier alpha value is -2.42. The van der Waals surface area contributed by atoms with E-state index in [1.807, 2.05) is 33.2 Å². The average molecular weight is 256 g/mol. The van der Waals surface area contributed by atoms with Gasteiger partial charge in [0.2, 0.25) is 0 Å². The maximum atomic E-state index is 9.35. The first-order valence-corrected chi connectivity index (χ1v) is 6.24. The number of anilines is 2. The fraction of sp³-hybridized carbons (Fsp3) is 0.385. The molecule has 0 saturated carbocycles. The number of nitrogens with zero attached hydrogens (tertiary/aromatic N) is 5. The van der Waals surface area contributed by atoms with Crippen LogP contribution in [0.3, 0.4) is 0 Å². The SMILES string of the molecule is CCc1nnc(Nc2ccn(C)n2)c(C#N)c1CC. The molecule has 0 bridgehead atoms. The zero-order valence-corrected chi connectivity index (χ0v) is 11.3. The maximum absolute atomic E-state index is 9.35. The topological polar surface area (TPSA) is 79.4 Å². The van der Waals surface area contributed by atoms with E-state index in [9.17, 15) is 5.26 Å². The first-order valence-electron chi connectivity index (χ1n) is 6.24. The average Bonchev–Trinajstić information content (AvgIpc) is 2.83. The summed E-state index contributed by atoms with van der Waals surface area (Å²) >= 11 is 0. The van der Waals surface area contributed by atoms with E-state index < -0.39 is 0 Å². The normalized spacial score (nSPS) is 10.2. The molecule has 6 heteroatoms. The molecule has 2 rings (SSSR count). The summed E-state index contributed by atoms with van der Waals surface area (Å²) in [6.07, 6.45) is 3.36. The molecule has 0 atom stereocenters. The highest BCUT2D eigenvalue weighted by atomic mass is 15.3. The Balaban J connectivity index is 2.43. The Labute approximate surface area is 112 Å². The molecule has 0 aliphatic heterocycles. The van der Waals surface area contributed by atoms with Crippen LogP contribution >= 0.6 is 0 Å². The number of rotatable bonds is 4. The predicted octanol–water partition coefficient (Wildman–Crippen LogP) is 1.95. The quantitative estimate of drug-likeness (QED) is 0.904. The van der Waals surface area contributed by atoms with Gasteiger partial charge < -0.3 is 5.32 Å². The fourth-order valence-corrected chi connectivity index (χ4v) is 1.98. The van der Waals surface area contributed by atoms with Gasteiger partial charge in [0, 0.05) is 19.3 Å². The lowest BCUT2D eigenvalue weighted by atomic mass is 10.0. The van der Waals surface area contributed by atoms with Crippen molar-refractivity contribution in [3.05, 3.63) is 29.1 Å². The van der Waals surface area contributed by atoms with Crippen molar-refractivity contribution in [2.45, 2.75) is 26.7 Å². The number of hydrogen-bond acceptors (Lipinski definition) is 5. The van der Waals surface area contributed by atoms with E-state index >= 15 is 0 Å². The van der Waals surface area contributed by atoms with Crippen LogP contribution in [0.4, 0.5) is 11.6 Å². The smallest absolute Gasteiger partial charge is 0.172 e. The van der Waals surface area contributed by atoms with Gasteiger partial charge in [-0.05, 0) is 18.4 Å². The fourth-order valence-electron chi connectivity index (χ4n) is 1.98. The van der Waals surface area contributed by atoms with E-state index in [-0.39, 0.29) is 0 Å². The molecule has 0 aliphatic carbocycles. The first kappa shape index (κ1) is 13.0. The number of nitriles is 1. The van der Waals surface area contributed by atoms with Crippen LogP contribution in [0.25, 0.3) is 0 Å². The van der Waals surface area contributed by atoms with Crippen molar-refractivity contribution in [1.29, 1.82) is 5.26 Å². The van der Waals surface area contributed by atoms with Gasteiger partial charge in [-0.1, -0.05) is 13.8 Å². The molecule has 0 aliphatic rings. The summed E-state index contributed by atoms with van der Waals surface area (Å²) in [6.45, 7) is 4.03. The molecule has 2 aromatic rings. The molecule has 0 unspecified atom stereocenters. The molecule has 0 radical (unpaired) electrons. The number of nitrogens with one attached hydrogen (secondary N) is 1. The van der Waals surface area contributed by atoms with E-state index in [4.69, 9.17) is 0 Å². The van der Waals surface area contributed by atoms with E-state index in [2.05, 4.69) is 26.7 Å². The lowest BCUT2D eigenvalue weighted by molar-refractivity contribution is 0.770. The minimum Gasteiger partial charge on any atom is -0.321 e. The molecule has 2 aromatic heterocycles. The van der Waals surface area contributed by atoms with Crippen molar-refractivity contribution in [2.75, 3.05) is 5.32 Å². The highest BCUT2D eigenvalue weighted by Crippen LogP contribution is 2.22. The predicted molar refractivity (Wildman–Crippen MR) is 72.0 cm³/mol. The third-order valence-corrected chi connectivity index (χ3v) is 2.92. The van der Waals surface area contributed by atoms with Crippen LogP contribution in [-0.4, -0.2) is 20.0 Å². The molecule has 0 aromatic carbocycles. The number of aromatic nitrogens is 4. The standard InChI is InChI=1S/C13H16N6/c1-4-9-10(8-14)13(17-16-11(9)5-2)15-12-6-7-19(3)18-12/h6-7H,4-5H2,1-3H3,(H,15,17,18). The third-order valence-electron chi connectivity index (χ3n) is 2.92. The Morgan fingerprint density at radius 1 is 1.32 bits per heavy atom. The van der Waals surface area contributed by atoms with Crippen molar-refractivity contribution in [3.8, 4) is 6.07 Å². The second-order valence-electron chi connectivity index (χ2n) is 4.17. The monoisotopic (exact) mass is 256 g/mol. The summed E-state index contributed by atoms with van der Waals surface area (Å²) < 4.78 is 1.68. The Morgan fingerprint density at radius 2 is 2.11 bits per heavy atom. The first-order chi connectivity index (χ1) is 9.19. The van der Waals surface area contributed by atoms with Gasteiger partial charge in [0.05, 0.1) is 5.69 Å². The van der Waals surface area contributed by atoms with Crippen LogP contribution in [0, 0.1) is 11.3 Å². The zero-order valence-electron chi connectivity index (χ0n) is 11.3. The highest BCUT2D eigenvalue weighted by molar-refractivity contribution is 5.62. The second-order valence-corrected chi connectivity index (χ2v) is 4.17. The lowest BCUT2D eigenvalue weighted by Crippen LogP contribution is -2.07. The Morgan fingerprint density at radius 3 is 2.63 bits per heavy atom. The molecule has 19 heavy (non-hydrogen) atoms. The van der Waals surface area contributed by atoms with Crippen LogP contribution in [0.2, 0.25) is 0 Å². The minimum absolute atomic E-state index is 0.468. The van der Waals surface area contributed by atoms with Crippen LogP contribution in [0.5, 0.6) is 0 Å². The molecule has 2 heterocycles. The van der Waals surface area contributed by atoms with Gasteiger partial charge in [0.1, 0.15) is 11.6 Å². The van der Waals surface area contributed by atoms with Crippen molar-refractivity contribution in [3.63, 3.8) is 0 Å². The van der Waals surface area contributed by atoms with Crippen LogP contribution in [0.1, 0.15) is 30.7 Å². The Kier molecular flexibility index (Phi) is 3.76. The summed E-state index contributed by atoms with van der Waals surface area (Å²) in [5, 5.41) is 24.9. The van der Waals surface area contributed by atoms with Gasteiger partial charge >= 0.3 is 0 Å². The number of aryl methyl sites for hydroxylation is 2. The van der Waals surface area contributed by atoms with Gasteiger partial charge in [-0.2, -0.15) is 15.5 Å². The summed E-state index contributed by atoms with van der Waals surface area (Å²) in [6, 6.07) is 4.04. The Bertz CT molecular complexity index is 623. The third kappa shape index (κ3) is 2.55. The number of hydrogen-bond donors (Lipinski definition) is 1. The van der Waals surface area contributed by atoms with E-state index in [1.165, 1.54) is 0 Å². The van der Waals surface area contributed by atoms with Gasteiger partial charge in [0.25, 0.3) is 0 Å². The van der Waals surface area contributed by atoms with Gasteiger partial charge in [-0.3, -0.25) is 4.68 Å². The van der Waals surface area contributed by atoms with Crippen molar-refractivity contribution in [2.24, 2.45) is 7.05 Å². The zero-order chi connectivity index (χ0) is 13.8. The minimum atomic E-state index is 0.468. The molecule has 0 fully saturated rings. The van der Waals surface area contributed by atoms with E-state index in [0.29, 0.717) is 17.2 Å². The van der Waals surface area contributed by atoms with Gasteiger partial charge in [0.15, 0.2) is 11.6 Å². The van der Waals surface area contributed by atoms with Crippen LogP contribution < -0.4 is 5.32 Å². The largest absolute Gasteiger partial charge is 0.321 e. The summed E-state index contributed by atoms with van der Waals surface area (Å²) in [5.41, 5.74) is 2.39. The molecule has 98 valence electrons. The van der Waals surface area contributed by atoms with Crippen LogP contribution in [0.15, 0.2) is 12.3 Å².